The Balaban J connectivity index is 2.77. The van der Waals surface area contributed by atoms with E-state index in [4.69, 9.17) is 5.73 Å². The quantitative estimate of drug-likeness (QED) is 0.855. The second-order valence-corrected chi connectivity index (χ2v) is 4.63. The van der Waals surface area contributed by atoms with Crippen LogP contribution in [0.15, 0.2) is 18.2 Å². The summed E-state index contributed by atoms with van der Waals surface area (Å²) in [4.78, 5) is 11.9. The largest absolute Gasteiger partial charge is 0.321 e. The fourth-order valence-corrected chi connectivity index (χ4v) is 1.71. The number of ketones is 1. The maximum Gasteiger partial charge on any atom is 0.154 e. The number of halogens is 1. The Morgan fingerprint density at radius 2 is 2.12 bits per heavy atom. The molecule has 0 saturated heterocycles. The van der Waals surface area contributed by atoms with E-state index in [9.17, 15) is 9.18 Å². The molecule has 0 aliphatic carbocycles. The Kier molecular flexibility index (Phi) is 4.82. The number of aryl methyl sites for hydroxylation is 1. The highest BCUT2D eigenvalue weighted by Gasteiger charge is 2.20. The van der Waals surface area contributed by atoms with Gasteiger partial charge >= 0.3 is 0 Å². The monoisotopic (exact) mass is 237 g/mol. The minimum atomic E-state index is -0.456. The van der Waals surface area contributed by atoms with Crippen molar-refractivity contribution in [2.45, 2.75) is 39.7 Å². The summed E-state index contributed by atoms with van der Waals surface area (Å²) in [7, 11) is 0. The molecule has 0 radical (unpaired) electrons. The second kappa shape index (κ2) is 5.92. The lowest BCUT2D eigenvalue weighted by Crippen LogP contribution is -2.37. The first-order valence-electron chi connectivity index (χ1n) is 5.99. The Bertz CT molecular complexity index is 403. The van der Waals surface area contributed by atoms with Crippen LogP contribution < -0.4 is 5.73 Å². The fourth-order valence-electron chi connectivity index (χ4n) is 1.71. The third kappa shape index (κ3) is 3.63. The molecule has 0 aliphatic rings. The number of carbonyl (C=O) groups excluding carboxylic acids is 1. The molecule has 0 fully saturated rings. The Morgan fingerprint density at radius 1 is 1.47 bits per heavy atom. The fraction of sp³-hybridized carbons (Fsp3) is 0.500. The lowest BCUT2D eigenvalue weighted by atomic mass is 9.92. The summed E-state index contributed by atoms with van der Waals surface area (Å²) in [6.07, 6.45) is 1.09. The third-order valence-electron chi connectivity index (χ3n) is 3.30. The highest BCUT2D eigenvalue weighted by atomic mass is 19.1. The van der Waals surface area contributed by atoms with Crippen LogP contribution in [0, 0.1) is 18.7 Å². The first-order chi connectivity index (χ1) is 7.95. The number of benzene rings is 1. The molecule has 2 N–H and O–H groups in total. The molecule has 0 amide bonds. The molecule has 2 unspecified atom stereocenters. The predicted molar refractivity (Wildman–Crippen MR) is 67.3 cm³/mol. The van der Waals surface area contributed by atoms with E-state index in [1.807, 2.05) is 20.8 Å². The van der Waals surface area contributed by atoms with Crippen LogP contribution in [0.4, 0.5) is 4.39 Å². The van der Waals surface area contributed by atoms with Gasteiger partial charge in [-0.25, -0.2) is 4.39 Å². The zero-order valence-electron chi connectivity index (χ0n) is 10.7. The molecule has 0 heterocycles. The third-order valence-corrected chi connectivity index (χ3v) is 3.30. The van der Waals surface area contributed by atoms with Crippen molar-refractivity contribution >= 4 is 5.78 Å². The van der Waals surface area contributed by atoms with Crippen LogP contribution in [0.5, 0.6) is 0 Å². The molecule has 2 nitrogen and oxygen atoms in total. The molecule has 0 aliphatic heterocycles. The van der Waals surface area contributed by atoms with E-state index in [2.05, 4.69) is 0 Å². The molecule has 17 heavy (non-hydrogen) atoms. The van der Waals surface area contributed by atoms with Gasteiger partial charge in [0, 0.05) is 6.42 Å². The van der Waals surface area contributed by atoms with Crippen molar-refractivity contribution in [3.05, 3.63) is 35.1 Å². The highest BCUT2D eigenvalue weighted by Crippen LogP contribution is 2.14. The average Bonchev–Trinajstić information content (AvgIpc) is 2.31. The van der Waals surface area contributed by atoms with Crippen LogP contribution >= 0.6 is 0 Å². The van der Waals surface area contributed by atoms with E-state index >= 15 is 0 Å². The zero-order valence-corrected chi connectivity index (χ0v) is 10.7. The van der Waals surface area contributed by atoms with Gasteiger partial charge in [-0.1, -0.05) is 26.3 Å². The first-order valence-corrected chi connectivity index (χ1v) is 5.99. The molecule has 0 aromatic heterocycles. The minimum Gasteiger partial charge on any atom is -0.321 e. The van der Waals surface area contributed by atoms with Crippen LogP contribution in [0.2, 0.25) is 0 Å². The topological polar surface area (TPSA) is 43.1 Å². The molecule has 0 spiro atoms. The molecule has 94 valence electrons. The van der Waals surface area contributed by atoms with Crippen LogP contribution in [0.25, 0.3) is 0 Å². The zero-order chi connectivity index (χ0) is 13.0. The lowest BCUT2D eigenvalue weighted by Gasteiger charge is -2.17. The van der Waals surface area contributed by atoms with Crippen LogP contribution in [-0.4, -0.2) is 11.8 Å². The Hall–Kier alpha value is -1.22. The van der Waals surface area contributed by atoms with Gasteiger partial charge in [-0.3, -0.25) is 4.79 Å². The van der Waals surface area contributed by atoms with Gasteiger partial charge in [0.15, 0.2) is 5.78 Å². The van der Waals surface area contributed by atoms with Crippen LogP contribution in [-0.2, 0) is 11.2 Å². The van der Waals surface area contributed by atoms with E-state index in [0.717, 1.165) is 17.5 Å². The number of rotatable bonds is 5. The maximum absolute atomic E-state index is 13.1. The van der Waals surface area contributed by atoms with Gasteiger partial charge in [0.05, 0.1) is 6.04 Å². The van der Waals surface area contributed by atoms with E-state index in [-0.39, 0.29) is 23.9 Å². The number of hydrogen-bond acceptors (Lipinski definition) is 2. The molecule has 0 saturated carbocycles. The predicted octanol–water partition coefficient (Wildman–Crippen LogP) is 2.62. The molecule has 3 heteroatoms. The number of Topliss-reactive ketones (excluding diaryl/α,β-unsaturated/α-hetero) is 1. The summed E-state index contributed by atoms with van der Waals surface area (Å²) in [5.41, 5.74) is 7.52. The standard InChI is InChI=1S/C14H20FNO/c1-4-9(2)14(16)13(17)8-11-7-12(15)6-5-10(11)3/h5-7,9,14H,4,8,16H2,1-3H3. The molecule has 1 aromatic carbocycles. The normalized spacial score (nSPS) is 14.4. The molecule has 1 aromatic rings. The maximum atomic E-state index is 13.1. The SMILES string of the molecule is CCC(C)C(N)C(=O)Cc1cc(F)ccc1C. The summed E-state index contributed by atoms with van der Waals surface area (Å²) in [6.45, 7) is 5.84. The molecular weight excluding hydrogens is 217 g/mol. The Labute approximate surface area is 102 Å². The minimum absolute atomic E-state index is 0.0203. The van der Waals surface area contributed by atoms with Crippen LogP contribution in [0.1, 0.15) is 31.4 Å². The molecule has 0 bridgehead atoms. The van der Waals surface area contributed by atoms with Gasteiger partial charge in [-0.05, 0) is 36.1 Å². The number of carbonyl (C=O) groups is 1. The van der Waals surface area contributed by atoms with Crippen molar-refractivity contribution in [1.82, 2.24) is 0 Å². The summed E-state index contributed by atoms with van der Waals surface area (Å²) in [5.74, 6) is -0.167. The summed E-state index contributed by atoms with van der Waals surface area (Å²) >= 11 is 0. The second-order valence-electron chi connectivity index (χ2n) is 4.63. The van der Waals surface area contributed by atoms with Crippen molar-refractivity contribution in [3.8, 4) is 0 Å². The van der Waals surface area contributed by atoms with Crippen molar-refractivity contribution in [2.75, 3.05) is 0 Å². The van der Waals surface area contributed by atoms with Crippen molar-refractivity contribution in [1.29, 1.82) is 0 Å². The van der Waals surface area contributed by atoms with Crippen molar-refractivity contribution < 1.29 is 9.18 Å². The average molecular weight is 237 g/mol. The molecular formula is C14H20FNO. The summed E-state index contributed by atoms with van der Waals surface area (Å²) < 4.78 is 13.1. The van der Waals surface area contributed by atoms with Gasteiger partial charge in [-0.2, -0.15) is 0 Å². The Morgan fingerprint density at radius 3 is 2.71 bits per heavy atom. The van der Waals surface area contributed by atoms with Gasteiger partial charge in [0.1, 0.15) is 5.82 Å². The van der Waals surface area contributed by atoms with E-state index < -0.39 is 6.04 Å². The van der Waals surface area contributed by atoms with E-state index in [0.29, 0.717) is 0 Å². The van der Waals surface area contributed by atoms with E-state index in [1.54, 1.807) is 6.07 Å². The van der Waals surface area contributed by atoms with Crippen molar-refractivity contribution in [2.24, 2.45) is 11.7 Å². The highest BCUT2D eigenvalue weighted by molar-refractivity contribution is 5.86. The lowest BCUT2D eigenvalue weighted by molar-refractivity contribution is -0.120. The summed E-state index contributed by atoms with van der Waals surface area (Å²) in [5, 5.41) is 0. The van der Waals surface area contributed by atoms with Gasteiger partial charge in [0.25, 0.3) is 0 Å². The van der Waals surface area contributed by atoms with Gasteiger partial charge < -0.3 is 5.73 Å². The molecule has 1 rings (SSSR count). The van der Waals surface area contributed by atoms with Crippen molar-refractivity contribution in [3.63, 3.8) is 0 Å². The first kappa shape index (κ1) is 13.8. The van der Waals surface area contributed by atoms with Crippen LogP contribution in [0.3, 0.4) is 0 Å². The number of nitrogens with two attached hydrogens (primary N) is 1. The van der Waals surface area contributed by atoms with E-state index in [1.165, 1.54) is 12.1 Å². The molecule has 2 atom stereocenters. The smallest absolute Gasteiger partial charge is 0.154 e. The van der Waals surface area contributed by atoms with Gasteiger partial charge in [-0.15, -0.1) is 0 Å². The summed E-state index contributed by atoms with van der Waals surface area (Å²) in [6, 6.07) is 4.05. The van der Waals surface area contributed by atoms with Gasteiger partial charge in [0.2, 0.25) is 0 Å². The number of hydrogen-bond donors (Lipinski definition) is 1.